The van der Waals surface area contributed by atoms with E-state index in [1.807, 2.05) is 0 Å². The first-order chi connectivity index (χ1) is 23.1. The van der Waals surface area contributed by atoms with E-state index in [0.29, 0.717) is 12.0 Å². The van der Waals surface area contributed by atoms with Crippen molar-refractivity contribution in [3.63, 3.8) is 0 Å². The van der Waals surface area contributed by atoms with Crippen LogP contribution >= 0.6 is 0 Å². The van der Waals surface area contributed by atoms with E-state index in [0.717, 1.165) is 6.20 Å². The molecule has 0 aliphatic carbocycles. The van der Waals surface area contributed by atoms with E-state index in [1.165, 1.54) is 49.4 Å². The maximum atomic E-state index is 13.7. The predicted molar refractivity (Wildman–Crippen MR) is 173 cm³/mol. The van der Waals surface area contributed by atoms with Gasteiger partial charge in [-0.25, -0.2) is 0 Å². The highest BCUT2D eigenvalue weighted by atomic mass is 16.4. The van der Waals surface area contributed by atoms with Crippen molar-refractivity contribution in [3.05, 3.63) is 59.8 Å². The van der Waals surface area contributed by atoms with E-state index in [4.69, 9.17) is 5.73 Å². The van der Waals surface area contributed by atoms with Gasteiger partial charge in [-0.1, -0.05) is 44.2 Å². The van der Waals surface area contributed by atoms with Crippen LogP contribution in [0.15, 0.2) is 48.7 Å². The lowest BCUT2D eigenvalue weighted by atomic mass is 9.83. The Morgan fingerprint density at radius 2 is 1.80 bits per heavy atom. The van der Waals surface area contributed by atoms with Gasteiger partial charge < -0.3 is 47.6 Å². The van der Waals surface area contributed by atoms with Crippen molar-refractivity contribution < 1.29 is 48.9 Å². The quantitative estimate of drug-likeness (QED) is 0.149. The summed E-state index contributed by atoms with van der Waals surface area (Å²) in [6, 6.07) is 3.02. The monoisotopic (exact) mass is 678 g/mol. The van der Waals surface area contributed by atoms with E-state index < -0.39 is 83.4 Å². The summed E-state index contributed by atoms with van der Waals surface area (Å²) in [6.45, 7) is 4.79. The molecule has 2 aromatic carbocycles. The summed E-state index contributed by atoms with van der Waals surface area (Å²) in [5.74, 6) is -8.38. The van der Waals surface area contributed by atoms with Gasteiger partial charge in [0.05, 0.1) is 12.1 Å². The second-order valence-corrected chi connectivity index (χ2v) is 11.9. The first kappa shape index (κ1) is 36.2. The maximum Gasteiger partial charge on any atom is 0.288 e. The fraction of sp³-hybridized carbons (Fsp3) is 0.364. The fourth-order valence-corrected chi connectivity index (χ4v) is 5.58. The molecule has 16 nitrogen and oxygen atoms in total. The molecule has 0 saturated carbocycles. The minimum absolute atomic E-state index is 0.0270. The van der Waals surface area contributed by atoms with Crippen LogP contribution < -0.4 is 32.3 Å². The third kappa shape index (κ3) is 7.29. The summed E-state index contributed by atoms with van der Waals surface area (Å²) in [6.07, 6.45) is -0.553. The molecule has 10 N–H and O–H groups in total. The normalized spacial score (nSPS) is 24.3. The molecule has 16 heteroatoms. The third-order valence-electron chi connectivity index (χ3n) is 8.51. The van der Waals surface area contributed by atoms with Crippen LogP contribution in [0.4, 0.5) is 5.69 Å². The number of phenolic OH excluding ortho intramolecular Hbond substituents is 1. The van der Waals surface area contributed by atoms with Gasteiger partial charge in [0.2, 0.25) is 29.4 Å². The van der Waals surface area contributed by atoms with E-state index in [2.05, 4.69) is 26.6 Å². The number of fused-ring (bicyclic) bond motifs is 3. The first-order valence-electron chi connectivity index (χ1n) is 15.5. The van der Waals surface area contributed by atoms with Crippen molar-refractivity contribution in [3.8, 4) is 16.9 Å². The Balaban J connectivity index is 1.93. The number of primary amides is 1. The van der Waals surface area contributed by atoms with Crippen LogP contribution in [0.25, 0.3) is 11.1 Å². The SMILES string of the molecule is CC=CNC(=O)[C@@H]1NC(=O)[C@H](CC(N)=O)NC(=O)[C@@H](NC(=O)C(=O)[C@@H](C)CC)Cc2ccc(O)c(c2)-c2cccc3c2NC(=O)[C@]3(O)[C@@H]1O. The van der Waals surface area contributed by atoms with Crippen molar-refractivity contribution in [2.75, 3.05) is 5.32 Å². The number of para-hydroxylation sites is 1. The second-order valence-electron chi connectivity index (χ2n) is 11.9. The van der Waals surface area contributed by atoms with Crippen LogP contribution in [-0.2, 0) is 45.6 Å². The summed E-state index contributed by atoms with van der Waals surface area (Å²) in [5.41, 5.74) is 2.95. The molecule has 4 rings (SSSR count). The smallest absolute Gasteiger partial charge is 0.288 e. The van der Waals surface area contributed by atoms with Crippen LogP contribution in [0.2, 0.25) is 0 Å². The molecule has 6 atom stereocenters. The average molecular weight is 679 g/mol. The number of anilines is 1. The predicted octanol–water partition coefficient (Wildman–Crippen LogP) is -1.29. The highest BCUT2D eigenvalue weighted by Crippen LogP contribution is 2.46. The molecular formula is C33H38N6O10. The number of carbonyl (C=O) groups excluding carboxylic acids is 7. The van der Waals surface area contributed by atoms with Crippen LogP contribution in [0.5, 0.6) is 5.75 Å². The lowest BCUT2D eigenvalue weighted by Crippen LogP contribution is -2.64. The highest BCUT2D eigenvalue weighted by Gasteiger charge is 2.56. The molecule has 2 aromatic rings. The van der Waals surface area contributed by atoms with Gasteiger partial charge >= 0.3 is 0 Å². The number of nitrogens with two attached hydrogens (primary N) is 1. The van der Waals surface area contributed by atoms with Gasteiger partial charge in [0, 0.05) is 29.0 Å². The van der Waals surface area contributed by atoms with Crippen LogP contribution in [0, 0.1) is 5.92 Å². The number of hydrogen-bond donors (Lipinski definition) is 9. The zero-order valence-corrected chi connectivity index (χ0v) is 26.9. The number of aromatic hydroxyl groups is 1. The average Bonchev–Trinajstić information content (AvgIpc) is 3.34. The minimum atomic E-state index is -2.83. The lowest BCUT2D eigenvalue weighted by Gasteiger charge is -2.33. The topological polar surface area (TPSA) is 266 Å². The van der Waals surface area contributed by atoms with Crippen LogP contribution in [0.3, 0.4) is 0 Å². The molecule has 0 fully saturated rings. The standard InChI is InChI=1S/C33H38N6O10/c1-4-11-35-30(46)25-27(43)33(49)19-8-6-7-17(24(19)39-32(33)48)18-12-16(9-10-22(18)40)13-20(37-31(47)26(42)15(3)5-2)28(44)36-21(14-23(34)41)29(45)38-25/h4,6-12,15,20-21,25,27,40,43,49H,5,13-14H2,1-3H3,(H2,34,41)(H,35,46)(H,36,44)(H,37,47)(H,38,45)(H,39,48)/t15-,20-,21-,25+,27+,33+/m0/s1. The lowest BCUT2D eigenvalue weighted by molar-refractivity contribution is -0.155. The minimum Gasteiger partial charge on any atom is -0.507 e. The zero-order chi connectivity index (χ0) is 36.2. The largest absolute Gasteiger partial charge is 0.507 e. The van der Waals surface area contributed by atoms with E-state index >= 15 is 0 Å². The van der Waals surface area contributed by atoms with Crippen LogP contribution in [0.1, 0.15) is 44.7 Å². The summed E-state index contributed by atoms with van der Waals surface area (Å²) in [5, 5.41) is 46.0. The number of phenols is 1. The number of amides is 6. The van der Waals surface area contributed by atoms with E-state index in [1.54, 1.807) is 13.8 Å². The Kier molecular flexibility index (Phi) is 10.8. The first-order valence-corrected chi connectivity index (χ1v) is 15.5. The number of ketones is 1. The summed E-state index contributed by atoms with van der Waals surface area (Å²) in [7, 11) is 0. The maximum absolute atomic E-state index is 13.7. The Morgan fingerprint density at radius 1 is 1.08 bits per heavy atom. The molecule has 0 spiro atoms. The Hall–Kier alpha value is -5.61. The van der Waals surface area contributed by atoms with Gasteiger partial charge in [0.1, 0.15) is 30.0 Å². The Labute approximate surface area is 280 Å². The van der Waals surface area contributed by atoms with Crippen molar-refractivity contribution >= 4 is 46.9 Å². The van der Waals surface area contributed by atoms with Gasteiger partial charge in [-0.05, 0) is 37.2 Å². The summed E-state index contributed by atoms with van der Waals surface area (Å²) >= 11 is 0. The summed E-state index contributed by atoms with van der Waals surface area (Å²) < 4.78 is 0. The number of aliphatic hydroxyl groups excluding tert-OH is 1. The van der Waals surface area contributed by atoms with E-state index in [-0.39, 0.29) is 34.5 Å². The van der Waals surface area contributed by atoms with Crippen molar-refractivity contribution in [2.45, 2.75) is 69.9 Å². The molecular weight excluding hydrogens is 640 g/mol. The van der Waals surface area contributed by atoms with Gasteiger partial charge in [0.15, 0.2) is 5.60 Å². The Morgan fingerprint density at radius 3 is 2.45 bits per heavy atom. The number of aliphatic hydroxyl groups is 2. The second kappa shape index (κ2) is 14.7. The number of hydrogen-bond acceptors (Lipinski definition) is 10. The molecule has 0 aromatic heterocycles. The molecule has 260 valence electrons. The zero-order valence-electron chi connectivity index (χ0n) is 26.9. The van der Waals surface area contributed by atoms with Gasteiger partial charge in [-0.3, -0.25) is 33.6 Å². The number of allylic oxidation sites excluding steroid dienone is 1. The van der Waals surface area contributed by atoms with E-state index in [9.17, 15) is 48.9 Å². The number of carbonyl (C=O) groups is 7. The number of rotatable bonds is 8. The molecule has 2 aliphatic rings. The van der Waals surface area contributed by atoms with Gasteiger partial charge in [-0.2, -0.15) is 0 Å². The number of Topliss-reactive ketones (excluding diaryl/α,β-unsaturated/α-hetero) is 1. The molecule has 2 aliphatic heterocycles. The molecule has 6 amide bonds. The molecule has 2 heterocycles. The number of benzene rings is 2. The Bertz CT molecular complexity index is 1740. The van der Waals surface area contributed by atoms with Crippen molar-refractivity contribution in [1.82, 2.24) is 21.3 Å². The molecule has 0 radical (unpaired) electrons. The van der Waals surface area contributed by atoms with Gasteiger partial charge in [0.25, 0.3) is 11.8 Å². The molecule has 49 heavy (non-hydrogen) atoms. The highest BCUT2D eigenvalue weighted by molar-refractivity contribution is 6.37. The number of nitrogens with one attached hydrogen (secondary N) is 5. The van der Waals surface area contributed by atoms with Crippen LogP contribution in [-0.4, -0.2) is 80.8 Å². The molecule has 0 unspecified atom stereocenters. The van der Waals surface area contributed by atoms with Crippen molar-refractivity contribution in [1.29, 1.82) is 0 Å². The molecule has 0 saturated heterocycles. The van der Waals surface area contributed by atoms with Gasteiger partial charge in [-0.15, -0.1) is 0 Å². The third-order valence-corrected chi connectivity index (χ3v) is 8.51. The summed E-state index contributed by atoms with van der Waals surface area (Å²) in [4.78, 5) is 91.8. The van der Waals surface area contributed by atoms with Crippen molar-refractivity contribution in [2.24, 2.45) is 11.7 Å². The molecule has 6 bridgehead atoms. The fourth-order valence-electron chi connectivity index (χ4n) is 5.58.